The lowest BCUT2D eigenvalue weighted by molar-refractivity contribution is 0.112. The van der Waals surface area contributed by atoms with Gasteiger partial charge in [-0.05, 0) is 18.2 Å². The Morgan fingerprint density at radius 3 is 3.00 bits per heavy atom. The van der Waals surface area contributed by atoms with Gasteiger partial charge in [0, 0.05) is 30.6 Å². The number of halogens is 1. The van der Waals surface area contributed by atoms with Gasteiger partial charge < -0.3 is 9.47 Å². The standard InChI is InChI=1S/C12H11FN2O3S/c1-17-5-4-11-14-12(19-15-11)18-10-3-2-8(7-16)6-9(10)13/h2-3,6-7H,4-5H2,1H3. The van der Waals surface area contributed by atoms with E-state index in [0.29, 0.717) is 25.1 Å². The van der Waals surface area contributed by atoms with E-state index in [0.717, 1.165) is 17.6 Å². The Morgan fingerprint density at radius 1 is 1.47 bits per heavy atom. The molecule has 0 atom stereocenters. The number of carbonyl (C=O) groups is 1. The Kier molecular flexibility index (Phi) is 4.53. The summed E-state index contributed by atoms with van der Waals surface area (Å²) in [7, 11) is 1.59. The zero-order valence-corrected chi connectivity index (χ0v) is 10.9. The molecule has 0 saturated heterocycles. The molecule has 5 nitrogen and oxygen atoms in total. The van der Waals surface area contributed by atoms with Crippen molar-refractivity contribution in [3.05, 3.63) is 35.4 Å². The molecule has 0 amide bonds. The molecule has 2 aromatic rings. The number of hydrogen-bond acceptors (Lipinski definition) is 6. The maximum atomic E-state index is 13.6. The predicted octanol–water partition coefficient (Wildman–Crippen LogP) is 2.47. The average molecular weight is 282 g/mol. The second-order valence-corrected chi connectivity index (χ2v) is 4.34. The number of rotatable bonds is 6. The molecule has 0 N–H and O–H groups in total. The molecular weight excluding hydrogens is 271 g/mol. The molecule has 0 aliphatic heterocycles. The second-order valence-electron chi connectivity index (χ2n) is 3.63. The minimum absolute atomic E-state index is 0.0139. The molecule has 0 bridgehead atoms. The first kappa shape index (κ1) is 13.6. The molecule has 1 aromatic carbocycles. The van der Waals surface area contributed by atoms with Crippen LogP contribution in [-0.2, 0) is 11.2 Å². The predicted molar refractivity (Wildman–Crippen MR) is 67.4 cm³/mol. The molecule has 0 spiro atoms. The maximum absolute atomic E-state index is 13.6. The van der Waals surface area contributed by atoms with Crippen molar-refractivity contribution in [2.75, 3.05) is 13.7 Å². The summed E-state index contributed by atoms with van der Waals surface area (Å²) in [5, 5.41) is 0.254. The minimum Gasteiger partial charge on any atom is -0.427 e. The Balaban J connectivity index is 2.08. The van der Waals surface area contributed by atoms with Crippen LogP contribution in [0.25, 0.3) is 0 Å². The largest absolute Gasteiger partial charge is 0.427 e. The van der Waals surface area contributed by atoms with Gasteiger partial charge in [-0.15, -0.1) is 0 Å². The van der Waals surface area contributed by atoms with Crippen LogP contribution in [0.5, 0.6) is 10.9 Å². The number of methoxy groups -OCH3 is 1. The molecule has 0 unspecified atom stereocenters. The van der Waals surface area contributed by atoms with E-state index < -0.39 is 5.82 Å². The number of carbonyl (C=O) groups excluding carboxylic acids is 1. The first-order chi connectivity index (χ1) is 9.22. The summed E-state index contributed by atoms with van der Waals surface area (Å²) in [6.45, 7) is 0.512. The molecule has 19 heavy (non-hydrogen) atoms. The van der Waals surface area contributed by atoms with E-state index in [9.17, 15) is 9.18 Å². The van der Waals surface area contributed by atoms with Crippen molar-refractivity contribution in [1.82, 2.24) is 9.36 Å². The summed E-state index contributed by atoms with van der Waals surface area (Å²) < 4.78 is 27.8. The van der Waals surface area contributed by atoms with Gasteiger partial charge in [-0.1, -0.05) is 0 Å². The fourth-order valence-corrected chi connectivity index (χ4v) is 1.93. The monoisotopic (exact) mass is 282 g/mol. The zero-order valence-electron chi connectivity index (χ0n) is 10.1. The van der Waals surface area contributed by atoms with Gasteiger partial charge in [0.15, 0.2) is 11.6 Å². The van der Waals surface area contributed by atoms with Crippen molar-refractivity contribution in [2.24, 2.45) is 0 Å². The lowest BCUT2D eigenvalue weighted by atomic mass is 10.2. The van der Waals surface area contributed by atoms with Gasteiger partial charge in [0.05, 0.1) is 6.61 Å². The van der Waals surface area contributed by atoms with Crippen LogP contribution in [0, 0.1) is 5.82 Å². The number of hydrogen-bond donors (Lipinski definition) is 0. The molecule has 0 fully saturated rings. The maximum Gasteiger partial charge on any atom is 0.298 e. The molecule has 0 aliphatic rings. The Bertz CT molecular complexity index is 574. The van der Waals surface area contributed by atoms with Gasteiger partial charge in [-0.3, -0.25) is 4.79 Å². The van der Waals surface area contributed by atoms with Crippen LogP contribution < -0.4 is 4.74 Å². The molecular formula is C12H11FN2O3S. The van der Waals surface area contributed by atoms with Gasteiger partial charge in [-0.25, -0.2) is 4.39 Å². The third-order valence-electron chi connectivity index (χ3n) is 2.27. The van der Waals surface area contributed by atoms with Crippen molar-refractivity contribution in [1.29, 1.82) is 0 Å². The van der Waals surface area contributed by atoms with Crippen molar-refractivity contribution >= 4 is 17.8 Å². The molecule has 0 aliphatic carbocycles. The number of aromatic nitrogens is 2. The van der Waals surface area contributed by atoms with Crippen molar-refractivity contribution in [3.8, 4) is 10.9 Å². The van der Waals surface area contributed by atoms with E-state index in [-0.39, 0.29) is 16.5 Å². The van der Waals surface area contributed by atoms with Crippen LogP contribution in [0.4, 0.5) is 4.39 Å². The first-order valence-electron chi connectivity index (χ1n) is 5.47. The van der Waals surface area contributed by atoms with Gasteiger partial charge in [-0.2, -0.15) is 9.36 Å². The summed E-state index contributed by atoms with van der Waals surface area (Å²) in [4.78, 5) is 14.6. The third kappa shape index (κ3) is 3.55. The molecule has 1 heterocycles. The van der Waals surface area contributed by atoms with Gasteiger partial charge in [0.1, 0.15) is 12.1 Å². The fraction of sp³-hybridized carbons (Fsp3) is 0.250. The topological polar surface area (TPSA) is 61.3 Å². The van der Waals surface area contributed by atoms with E-state index in [1.165, 1.54) is 12.1 Å². The Hall–Kier alpha value is -1.86. The molecule has 7 heteroatoms. The van der Waals surface area contributed by atoms with E-state index in [1.54, 1.807) is 7.11 Å². The van der Waals surface area contributed by atoms with Crippen molar-refractivity contribution in [3.63, 3.8) is 0 Å². The van der Waals surface area contributed by atoms with Gasteiger partial charge in [0.25, 0.3) is 5.19 Å². The van der Waals surface area contributed by atoms with Gasteiger partial charge >= 0.3 is 0 Å². The molecule has 100 valence electrons. The van der Waals surface area contributed by atoms with Crippen LogP contribution in [-0.4, -0.2) is 29.4 Å². The molecule has 0 radical (unpaired) electrons. The van der Waals surface area contributed by atoms with Crippen LogP contribution in [0.2, 0.25) is 0 Å². The van der Waals surface area contributed by atoms with E-state index in [1.807, 2.05) is 0 Å². The highest BCUT2D eigenvalue weighted by molar-refractivity contribution is 7.07. The lowest BCUT2D eigenvalue weighted by Crippen LogP contribution is -1.96. The zero-order chi connectivity index (χ0) is 13.7. The van der Waals surface area contributed by atoms with E-state index >= 15 is 0 Å². The number of aldehydes is 1. The average Bonchev–Trinajstić information content (AvgIpc) is 2.86. The summed E-state index contributed by atoms with van der Waals surface area (Å²) in [6.07, 6.45) is 1.14. The second kappa shape index (κ2) is 6.35. The van der Waals surface area contributed by atoms with Crippen molar-refractivity contribution in [2.45, 2.75) is 6.42 Å². The fourth-order valence-electron chi connectivity index (χ4n) is 1.34. The summed E-state index contributed by atoms with van der Waals surface area (Å²) in [6, 6.07) is 3.96. The minimum atomic E-state index is -0.613. The molecule has 1 aromatic heterocycles. The smallest absolute Gasteiger partial charge is 0.298 e. The Labute approximate surface area is 113 Å². The summed E-state index contributed by atoms with van der Waals surface area (Å²) >= 11 is 1.04. The number of nitrogens with zero attached hydrogens (tertiary/aromatic N) is 2. The SMILES string of the molecule is COCCc1nsc(Oc2ccc(C=O)cc2F)n1. The summed E-state index contributed by atoms with van der Waals surface area (Å²) in [5.41, 5.74) is 0.253. The van der Waals surface area contributed by atoms with Crippen LogP contribution in [0.3, 0.4) is 0 Å². The van der Waals surface area contributed by atoms with Crippen LogP contribution in [0.15, 0.2) is 18.2 Å². The van der Waals surface area contributed by atoms with E-state index in [2.05, 4.69) is 9.36 Å². The normalized spacial score (nSPS) is 10.4. The van der Waals surface area contributed by atoms with Gasteiger partial charge in [0.2, 0.25) is 0 Å². The number of benzene rings is 1. The molecule has 0 saturated carbocycles. The highest BCUT2D eigenvalue weighted by atomic mass is 32.1. The third-order valence-corrected chi connectivity index (χ3v) is 2.90. The van der Waals surface area contributed by atoms with Crippen LogP contribution in [0.1, 0.15) is 16.2 Å². The lowest BCUT2D eigenvalue weighted by Gasteiger charge is -2.02. The first-order valence-corrected chi connectivity index (χ1v) is 6.24. The van der Waals surface area contributed by atoms with E-state index in [4.69, 9.17) is 9.47 Å². The quantitative estimate of drug-likeness (QED) is 0.762. The number of ether oxygens (including phenoxy) is 2. The Morgan fingerprint density at radius 2 is 2.32 bits per heavy atom. The van der Waals surface area contributed by atoms with Crippen LogP contribution >= 0.6 is 11.5 Å². The van der Waals surface area contributed by atoms with Crippen molar-refractivity contribution < 1.29 is 18.7 Å². The highest BCUT2D eigenvalue weighted by Crippen LogP contribution is 2.26. The highest BCUT2D eigenvalue weighted by Gasteiger charge is 2.10. The summed E-state index contributed by atoms with van der Waals surface area (Å²) in [5.74, 6) is -0.00921. The molecule has 2 rings (SSSR count).